The highest BCUT2D eigenvalue weighted by atomic mass is 32.1. The van der Waals surface area contributed by atoms with E-state index >= 15 is 0 Å². The Morgan fingerprint density at radius 1 is 0.451 bits per heavy atom. The van der Waals surface area contributed by atoms with Gasteiger partial charge in [-0.25, -0.2) is 4.68 Å². The highest BCUT2D eigenvalue weighted by Crippen LogP contribution is 2.25. The maximum Gasteiger partial charge on any atom is 0.213 e. The largest absolute Gasteiger partial charge is 0.472 e. The molecule has 0 unspecified atom stereocenters. The van der Waals surface area contributed by atoms with Crippen LogP contribution >= 0.6 is 22.7 Å². The van der Waals surface area contributed by atoms with E-state index in [1.165, 1.54) is 82.4 Å². The van der Waals surface area contributed by atoms with Crippen molar-refractivity contribution in [2.45, 2.75) is 62.3 Å². The predicted molar refractivity (Wildman–Crippen MR) is 379 cm³/mol. The zero-order valence-corrected chi connectivity index (χ0v) is 55.4. The van der Waals surface area contributed by atoms with Crippen molar-refractivity contribution in [2.24, 2.45) is 14.1 Å². The average molecular weight is 1240 g/mol. The molecule has 0 atom stereocenters. The van der Waals surface area contributed by atoms with E-state index in [0.717, 1.165) is 17.0 Å². The lowest BCUT2D eigenvalue weighted by Crippen LogP contribution is -1.93. The number of aryl methyl sites for hydroxylation is 11. The Labute approximate surface area is 543 Å². The second kappa shape index (κ2) is 36.7. The highest BCUT2D eigenvalue weighted by Gasteiger charge is 2.05. The maximum absolute atomic E-state index is 5.25. The van der Waals surface area contributed by atoms with Gasteiger partial charge >= 0.3 is 0 Å². The zero-order chi connectivity index (χ0) is 64.6. The Hall–Kier alpha value is -10.5. The molecule has 0 aliphatic rings. The summed E-state index contributed by atoms with van der Waals surface area (Å²) in [6, 6.07) is 69.9. The van der Waals surface area contributed by atoms with Crippen LogP contribution in [0, 0.1) is 62.3 Å². The normalized spacial score (nSPS) is 9.92. The summed E-state index contributed by atoms with van der Waals surface area (Å²) in [7, 11) is 3.89. The first-order chi connectivity index (χ1) is 44.2. The molecule has 0 saturated carbocycles. The number of furan rings is 2. The van der Waals surface area contributed by atoms with Crippen molar-refractivity contribution in [3.05, 3.63) is 342 Å². The molecule has 6 aromatic carbocycles. The summed E-state index contributed by atoms with van der Waals surface area (Å²) >= 11 is 3.62. The molecular weight excluding hydrogens is 1160 g/mol. The molecule has 464 valence electrons. The predicted octanol–water partition coefficient (Wildman–Crippen LogP) is 20.6. The van der Waals surface area contributed by atoms with E-state index in [1.807, 2.05) is 183 Å². The van der Waals surface area contributed by atoms with Crippen LogP contribution in [0.15, 0.2) is 305 Å². The SMILES string of the molecule is Cc1ccn(-c2ccccc2)c1.Cc1ccn(-c2ccccc2)n1.Cc1ccoc1.Cc1ccsc1C.Cc1cn(-c2ccccc2)c2ccccc12.Cc1coc2ccccc12.Cc1csc2ccccc12.Cc1nnco1.Cn1cccc1.Cn1cccn1. The molecule has 16 aromatic rings. The van der Waals surface area contributed by atoms with Crippen LogP contribution in [-0.2, 0) is 14.1 Å². The molecule has 0 radical (unpaired) electrons. The van der Waals surface area contributed by atoms with Crippen molar-refractivity contribution in [3.8, 4) is 17.1 Å². The van der Waals surface area contributed by atoms with Gasteiger partial charge in [-0.3, -0.25) is 4.68 Å². The summed E-state index contributed by atoms with van der Waals surface area (Å²) in [5.41, 5.74) is 14.6. The number of para-hydroxylation sites is 5. The molecule has 0 bridgehead atoms. The Kier molecular flexibility index (Phi) is 27.4. The molecule has 0 spiro atoms. The summed E-state index contributed by atoms with van der Waals surface area (Å²) < 4.78 is 25.9. The first-order valence-corrected chi connectivity index (χ1v) is 31.5. The lowest BCUT2D eigenvalue weighted by molar-refractivity contribution is 0.518. The van der Waals surface area contributed by atoms with Crippen LogP contribution in [-0.4, -0.2) is 43.5 Å². The summed E-state index contributed by atoms with van der Waals surface area (Å²) in [5.74, 6) is 0.606. The van der Waals surface area contributed by atoms with Gasteiger partial charge in [-0.15, -0.1) is 32.9 Å². The smallest absolute Gasteiger partial charge is 0.213 e. The minimum Gasteiger partial charge on any atom is -0.472 e. The lowest BCUT2D eigenvalue weighted by Gasteiger charge is -2.04. The molecule has 12 nitrogen and oxygen atoms in total. The van der Waals surface area contributed by atoms with E-state index in [4.69, 9.17) is 8.83 Å². The van der Waals surface area contributed by atoms with Gasteiger partial charge in [0, 0.05) is 102 Å². The number of nitrogens with zero attached hydrogens (tertiary/aromatic N) is 9. The third-order valence-electron chi connectivity index (χ3n) is 13.6. The van der Waals surface area contributed by atoms with Gasteiger partial charge in [-0.05, 0) is 202 Å². The fourth-order valence-electron chi connectivity index (χ4n) is 8.55. The number of aromatic nitrogens is 9. The summed E-state index contributed by atoms with van der Waals surface area (Å²) in [6.45, 7) is 18.4. The van der Waals surface area contributed by atoms with E-state index in [-0.39, 0.29) is 0 Å². The Morgan fingerprint density at radius 2 is 1.09 bits per heavy atom. The molecule has 0 fully saturated rings. The van der Waals surface area contributed by atoms with Crippen molar-refractivity contribution in [3.63, 3.8) is 0 Å². The third kappa shape index (κ3) is 22.8. The molecule has 0 amide bonds. The third-order valence-corrected chi connectivity index (χ3v) is 15.6. The fourth-order valence-corrected chi connectivity index (χ4v) is 10.2. The van der Waals surface area contributed by atoms with Gasteiger partial charge in [-0.1, -0.05) is 109 Å². The number of fused-ring (bicyclic) bond motifs is 3. The van der Waals surface area contributed by atoms with Crippen LogP contribution in [0.3, 0.4) is 0 Å². The van der Waals surface area contributed by atoms with Crippen LogP contribution in [0.25, 0.3) is 49.0 Å². The van der Waals surface area contributed by atoms with Crippen molar-refractivity contribution < 1.29 is 13.3 Å². The van der Waals surface area contributed by atoms with Crippen LogP contribution in [0.5, 0.6) is 0 Å². The van der Waals surface area contributed by atoms with Gasteiger partial charge in [0.1, 0.15) is 5.58 Å². The Balaban J connectivity index is 0.000000146. The molecule has 0 N–H and O–H groups in total. The Morgan fingerprint density at radius 3 is 1.55 bits per heavy atom. The fraction of sp³-hybridized carbons (Fsp3) is 0.143. The number of thiophene rings is 2. The van der Waals surface area contributed by atoms with Crippen LogP contribution < -0.4 is 0 Å². The minimum atomic E-state index is 0.606. The molecule has 16 rings (SSSR count). The van der Waals surface area contributed by atoms with Crippen molar-refractivity contribution in [1.82, 2.24) is 43.5 Å². The van der Waals surface area contributed by atoms with Crippen LogP contribution in [0.4, 0.5) is 0 Å². The van der Waals surface area contributed by atoms with Crippen LogP contribution in [0.2, 0.25) is 0 Å². The highest BCUT2D eigenvalue weighted by molar-refractivity contribution is 7.17. The lowest BCUT2D eigenvalue weighted by atomic mass is 10.2. The number of hydrogen-bond donors (Lipinski definition) is 0. The second-order valence-corrected chi connectivity index (χ2v) is 23.0. The maximum atomic E-state index is 5.25. The van der Waals surface area contributed by atoms with E-state index in [9.17, 15) is 0 Å². The first kappa shape index (κ1) is 68.0. The van der Waals surface area contributed by atoms with Gasteiger partial charge < -0.3 is 27.0 Å². The molecule has 10 aromatic heterocycles. The quantitative estimate of drug-likeness (QED) is 0.173. The monoisotopic (exact) mass is 1240 g/mol. The van der Waals surface area contributed by atoms with E-state index in [2.05, 4.69) is 201 Å². The van der Waals surface area contributed by atoms with Gasteiger partial charge in [-0.2, -0.15) is 10.2 Å². The topological polar surface area (TPSA) is 116 Å². The molecule has 91 heavy (non-hydrogen) atoms. The average Bonchev–Trinajstić information content (AvgIpc) is 1.79. The first-order valence-electron chi connectivity index (χ1n) is 29.7. The molecular formula is C77H81N9O3S2. The molecule has 14 heteroatoms. The number of rotatable bonds is 3. The van der Waals surface area contributed by atoms with Gasteiger partial charge in [0.05, 0.1) is 35.7 Å². The van der Waals surface area contributed by atoms with Crippen LogP contribution in [0.1, 0.15) is 49.8 Å². The van der Waals surface area contributed by atoms with Gasteiger partial charge in [0.2, 0.25) is 12.3 Å². The Bertz CT molecular complexity index is 4180. The molecule has 10 heterocycles. The van der Waals surface area contributed by atoms with Gasteiger partial charge in [0.25, 0.3) is 0 Å². The minimum absolute atomic E-state index is 0.606. The molecule has 0 aliphatic carbocycles. The van der Waals surface area contributed by atoms with E-state index in [1.54, 1.807) is 47.9 Å². The standard InChI is InChI=1S/C15H13N.C11H11N.C10H10N2.C9H8O.C9H8S.C6H8S.C5H7N.C5H6O.C4H6N2.C3H4N2O/c1-12-11-16(13-7-3-2-4-8-13)15-10-6-5-9-14(12)15;1-10-7-8-12(9-10)11-5-3-2-4-6-11;1-9-7-8-12(11-9)10-5-3-2-4-6-10;2*1-7-6-10-9-5-3-2-4-8(7)9;1-5-3-4-7-6(5)2;1-6-4-2-3-5-6;1-5-2-3-6-4-5;1-6-4-2-3-5-6;1-3-5-4-2-6-3/h2-11H,1H3;2-9H,1H3;2-8H,1H3;2*2-6H,1H3;3-4H,1-2H3;2-5H,1H3;2*2-4H,1H3;2H,1H3. The number of hydrogen-bond acceptors (Lipinski definition) is 9. The van der Waals surface area contributed by atoms with Crippen molar-refractivity contribution in [2.75, 3.05) is 0 Å². The number of benzene rings is 6. The second-order valence-electron chi connectivity index (χ2n) is 21.0. The van der Waals surface area contributed by atoms with Gasteiger partial charge in [0.15, 0.2) is 0 Å². The summed E-state index contributed by atoms with van der Waals surface area (Å²) in [4.78, 5) is 1.43. The summed E-state index contributed by atoms with van der Waals surface area (Å²) in [6.07, 6.45) is 22.4. The zero-order valence-electron chi connectivity index (χ0n) is 53.8. The van der Waals surface area contributed by atoms with E-state index < -0.39 is 0 Å². The molecule has 0 aliphatic heterocycles. The van der Waals surface area contributed by atoms with Crippen molar-refractivity contribution >= 4 is 54.6 Å². The summed E-state index contributed by atoms with van der Waals surface area (Å²) in [5, 5.41) is 23.3. The van der Waals surface area contributed by atoms with E-state index in [0.29, 0.717) is 5.89 Å². The molecule has 0 saturated heterocycles. The van der Waals surface area contributed by atoms with Crippen molar-refractivity contribution in [1.29, 1.82) is 0 Å².